The van der Waals surface area contributed by atoms with E-state index in [4.69, 9.17) is 0 Å². The molecule has 2 heteroatoms. The molecule has 0 saturated carbocycles. The molecule has 1 unspecified atom stereocenters. The lowest BCUT2D eigenvalue weighted by Gasteiger charge is -2.39. The number of hydrogen-bond acceptors (Lipinski definition) is 2. The van der Waals surface area contributed by atoms with Crippen LogP contribution in [0.25, 0.3) is 0 Å². The van der Waals surface area contributed by atoms with Crippen molar-refractivity contribution in [1.82, 2.24) is 10.2 Å². The monoisotopic (exact) mass is 478 g/mol. The normalized spacial score (nSPS) is 20.4. The van der Waals surface area contributed by atoms with Gasteiger partial charge in [-0.1, -0.05) is 88.8 Å². The van der Waals surface area contributed by atoms with Crippen molar-refractivity contribution in [2.45, 2.75) is 117 Å². The molecule has 0 spiro atoms. The van der Waals surface area contributed by atoms with Gasteiger partial charge in [0.2, 0.25) is 0 Å². The van der Waals surface area contributed by atoms with Crippen molar-refractivity contribution in [3.8, 4) is 0 Å². The first-order valence-electron chi connectivity index (χ1n) is 15.2. The highest BCUT2D eigenvalue weighted by molar-refractivity contribution is 5.30. The van der Waals surface area contributed by atoms with Gasteiger partial charge in [-0.2, -0.15) is 0 Å². The van der Waals surface area contributed by atoms with Gasteiger partial charge in [0.25, 0.3) is 0 Å². The fraction of sp³-hybridized carbons (Fsp3) is 0.697. The van der Waals surface area contributed by atoms with Crippen LogP contribution < -0.4 is 5.32 Å². The molecule has 1 aromatic carbocycles. The van der Waals surface area contributed by atoms with Gasteiger partial charge in [0, 0.05) is 24.7 Å². The van der Waals surface area contributed by atoms with Crippen LogP contribution in [-0.4, -0.2) is 31.1 Å². The summed E-state index contributed by atoms with van der Waals surface area (Å²) in [5.41, 5.74) is 6.28. The number of nitrogens with zero attached hydrogens (tertiary/aromatic N) is 1. The topological polar surface area (TPSA) is 15.3 Å². The Kier molecular flexibility index (Phi) is 13.0. The van der Waals surface area contributed by atoms with Crippen LogP contribution in [0.15, 0.2) is 47.7 Å². The van der Waals surface area contributed by atoms with Gasteiger partial charge in [0.15, 0.2) is 0 Å². The summed E-state index contributed by atoms with van der Waals surface area (Å²) in [5.74, 6) is 1.63. The molecule has 2 heterocycles. The van der Waals surface area contributed by atoms with Crippen molar-refractivity contribution in [3.63, 3.8) is 0 Å². The minimum absolute atomic E-state index is 0.792. The predicted molar refractivity (Wildman–Crippen MR) is 154 cm³/mol. The van der Waals surface area contributed by atoms with E-state index in [-0.39, 0.29) is 0 Å². The van der Waals surface area contributed by atoms with E-state index in [2.05, 4.69) is 67.4 Å². The van der Waals surface area contributed by atoms with Crippen molar-refractivity contribution in [2.24, 2.45) is 5.92 Å². The highest BCUT2D eigenvalue weighted by Gasteiger charge is 2.26. The van der Waals surface area contributed by atoms with Gasteiger partial charge < -0.3 is 10.2 Å². The van der Waals surface area contributed by atoms with Crippen molar-refractivity contribution >= 4 is 0 Å². The van der Waals surface area contributed by atoms with Crippen LogP contribution in [0.1, 0.15) is 121 Å². The van der Waals surface area contributed by atoms with E-state index in [1.54, 1.807) is 16.8 Å². The molecule has 1 aromatic rings. The van der Waals surface area contributed by atoms with Crippen LogP contribution >= 0.6 is 0 Å². The summed E-state index contributed by atoms with van der Waals surface area (Å²) in [6.07, 6.45) is 23.6. The fourth-order valence-corrected chi connectivity index (χ4v) is 5.96. The molecular formula is C33H54N2. The molecule has 1 atom stereocenters. The lowest BCUT2D eigenvalue weighted by molar-refractivity contribution is 0.235. The molecule has 2 aliphatic heterocycles. The Labute approximate surface area is 217 Å². The molecule has 1 N–H and O–H groups in total. The first-order chi connectivity index (χ1) is 17.2. The molecule has 35 heavy (non-hydrogen) atoms. The molecule has 4 rings (SSSR count). The third kappa shape index (κ3) is 9.45. The number of piperidine rings is 2. The van der Waals surface area contributed by atoms with Gasteiger partial charge in [-0.15, -0.1) is 0 Å². The lowest BCUT2D eigenvalue weighted by atomic mass is 9.85. The minimum Gasteiger partial charge on any atom is -0.375 e. The van der Waals surface area contributed by atoms with E-state index in [1.165, 1.54) is 122 Å². The molecule has 0 bridgehead atoms. The summed E-state index contributed by atoms with van der Waals surface area (Å²) in [6, 6.07) is 9.43. The second-order valence-corrected chi connectivity index (χ2v) is 11.0. The average molecular weight is 479 g/mol. The average Bonchev–Trinajstić information content (AvgIpc) is 2.92. The standard InChI is InChI=1S/C17H27N.C16H27N/c1-2-3-4-5-6-15-7-9-16(10-8-15)17-11-13-18-14-12-17;1-3-5-6-11-17-12-7-8-15-10-9-14(4-2)13-16(15)17/h7-10,17-18H,2-6,11-14H2,1H3;9,13,15H,3-8,10-12H2,1-2H3. The molecule has 3 aliphatic rings. The summed E-state index contributed by atoms with van der Waals surface area (Å²) < 4.78 is 0. The molecular weight excluding hydrogens is 424 g/mol. The fourth-order valence-electron chi connectivity index (χ4n) is 5.96. The summed E-state index contributed by atoms with van der Waals surface area (Å²) in [7, 11) is 0. The van der Waals surface area contributed by atoms with Crippen LogP contribution in [0.2, 0.25) is 0 Å². The summed E-state index contributed by atoms with van der Waals surface area (Å²) in [4.78, 5) is 2.67. The zero-order chi connectivity index (χ0) is 24.7. The quantitative estimate of drug-likeness (QED) is 0.320. The number of rotatable bonds is 11. The van der Waals surface area contributed by atoms with E-state index in [0.717, 1.165) is 11.8 Å². The maximum absolute atomic E-state index is 3.44. The maximum atomic E-state index is 3.44. The largest absolute Gasteiger partial charge is 0.375 e. The van der Waals surface area contributed by atoms with E-state index in [1.807, 2.05) is 0 Å². The molecule has 2 saturated heterocycles. The Morgan fingerprint density at radius 2 is 1.57 bits per heavy atom. The number of hydrogen-bond donors (Lipinski definition) is 1. The number of likely N-dealkylation sites (tertiary alicyclic amines) is 1. The van der Waals surface area contributed by atoms with Gasteiger partial charge in [-0.3, -0.25) is 0 Å². The van der Waals surface area contributed by atoms with Crippen LogP contribution in [0.5, 0.6) is 0 Å². The number of nitrogens with one attached hydrogen (secondary N) is 1. The smallest absolute Gasteiger partial charge is 0.0175 e. The van der Waals surface area contributed by atoms with Crippen LogP contribution in [-0.2, 0) is 6.42 Å². The second-order valence-electron chi connectivity index (χ2n) is 11.0. The first kappa shape index (κ1) is 28.0. The van der Waals surface area contributed by atoms with Crippen LogP contribution in [0, 0.1) is 5.92 Å². The Bertz CT molecular complexity index is 754. The van der Waals surface area contributed by atoms with E-state index < -0.39 is 0 Å². The number of unbranched alkanes of at least 4 members (excludes halogenated alkanes) is 5. The zero-order valence-electron chi connectivity index (χ0n) is 23.3. The van der Waals surface area contributed by atoms with Crippen molar-refractivity contribution in [3.05, 3.63) is 58.8 Å². The predicted octanol–water partition coefficient (Wildman–Crippen LogP) is 8.79. The van der Waals surface area contributed by atoms with Gasteiger partial charge in [0.1, 0.15) is 0 Å². The van der Waals surface area contributed by atoms with Crippen molar-refractivity contribution < 1.29 is 0 Å². The lowest BCUT2D eigenvalue weighted by Crippen LogP contribution is -2.35. The number of fused-ring (bicyclic) bond motifs is 1. The molecule has 0 aromatic heterocycles. The first-order valence-corrected chi connectivity index (χ1v) is 15.2. The Morgan fingerprint density at radius 1 is 0.829 bits per heavy atom. The third-order valence-corrected chi connectivity index (χ3v) is 8.31. The maximum Gasteiger partial charge on any atom is 0.0175 e. The van der Waals surface area contributed by atoms with Crippen molar-refractivity contribution in [2.75, 3.05) is 26.2 Å². The van der Waals surface area contributed by atoms with E-state index >= 15 is 0 Å². The van der Waals surface area contributed by atoms with Crippen LogP contribution in [0.3, 0.4) is 0 Å². The van der Waals surface area contributed by atoms with E-state index in [0.29, 0.717) is 0 Å². The Morgan fingerprint density at radius 3 is 2.29 bits per heavy atom. The number of aryl methyl sites for hydroxylation is 1. The van der Waals surface area contributed by atoms with Gasteiger partial charge in [0.05, 0.1) is 0 Å². The highest BCUT2D eigenvalue weighted by atomic mass is 15.1. The summed E-state index contributed by atoms with van der Waals surface area (Å²) >= 11 is 0. The number of allylic oxidation sites excluding steroid dienone is 4. The summed E-state index contributed by atoms with van der Waals surface area (Å²) in [5, 5.41) is 3.44. The summed E-state index contributed by atoms with van der Waals surface area (Å²) in [6.45, 7) is 11.8. The minimum atomic E-state index is 0.792. The molecule has 196 valence electrons. The molecule has 0 amide bonds. The molecule has 1 aliphatic carbocycles. The van der Waals surface area contributed by atoms with Crippen molar-refractivity contribution in [1.29, 1.82) is 0 Å². The molecule has 0 radical (unpaired) electrons. The van der Waals surface area contributed by atoms with Gasteiger partial charge >= 0.3 is 0 Å². The third-order valence-electron chi connectivity index (χ3n) is 8.31. The van der Waals surface area contributed by atoms with Gasteiger partial charge in [-0.25, -0.2) is 0 Å². The number of benzene rings is 1. The molecule has 2 fully saturated rings. The SMILES string of the molecule is CCCCCCc1ccc(C2CCNCC2)cc1.CCCCCN1CCCC2CC=C(CC)C=C21. The van der Waals surface area contributed by atoms with Crippen LogP contribution in [0.4, 0.5) is 0 Å². The Hall–Kier alpha value is -1.54. The molecule has 2 nitrogen and oxygen atoms in total. The zero-order valence-corrected chi connectivity index (χ0v) is 23.3. The Balaban J connectivity index is 0.000000196. The van der Waals surface area contributed by atoms with E-state index in [9.17, 15) is 0 Å². The highest BCUT2D eigenvalue weighted by Crippen LogP contribution is 2.35. The van der Waals surface area contributed by atoms with Gasteiger partial charge in [-0.05, 0) is 94.0 Å². The second kappa shape index (κ2) is 16.3.